The highest BCUT2D eigenvalue weighted by molar-refractivity contribution is 5.94. The van der Waals surface area contributed by atoms with E-state index >= 15 is 0 Å². The van der Waals surface area contributed by atoms with Gasteiger partial charge in [0.2, 0.25) is 0 Å². The predicted octanol–water partition coefficient (Wildman–Crippen LogP) is 3.12. The quantitative estimate of drug-likeness (QED) is 0.872. The van der Waals surface area contributed by atoms with Crippen LogP contribution in [-0.4, -0.2) is 40.0 Å². The van der Waals surface area contributed by atoms with E-state index in [1.165, 1.54) is 17.2 Å². The van der Waals surface area contributed by atoms with Gasteiger partial charge in [-0.2, -0.15) is 13.2 Å². The number of aromatic amines is 1. The largest absolute Gasteiger partial charge is 0.433 e. The number of likely N-dealkylation sites (tertiary alicyclic amines) is 1. The third-order valence-electron chi connectivity index (χ3n) is 4.10. The van der Waals surface area contributed by atoms with E-state index in [0.717, 1.165) is 11.6 Å². The van der Waals surface area contributed by atoms with Crippen LogP contribution in [0.1, 0.15) is 32.9 Å². The molecule has 1 aliphatic heterocycles. The fraction of sp³-hybridized carbons (Fsp3) is 0.375. The standard InChI is InChI=1S/C16H15F4N3O/c1-9-11(4-10-2-3-13(21-5-10)16(18,19)20)6-22-14(9)15(24)23-7-12(17)8-23/h2-3,5-6,12,22H,4,7-8H2,1H3. The number of aromatic nitrogens is 2. The summed E-state index contributed by atoms with van der Waals surface area (Å²) in [7, 11) is 0. The van der Waals surface area contributed by atoms with Gasteiger partial charge in [0.15, 0.2) is 0 Å². The fourth-order valence-electron chi connectivity index (χ4n) is 2.61. The number of hydrogen-bond donors (Lipinski definition) is 1. The van der Waals surface area contributed by atoms with Crippen LogP contribution in [0.4, 0.5) is 17.6 Å². The van der Waals surface area contributed by atoms with Crippen molar-refractivity contribution in [3.05, 3.63) is 52.6 Å². The highest BCUT2D eigenvalue weighted by atomic mass is 19.4. The summed E-state index contributed by atoms with van der Waals surface area (Å²) in [6, 6.07) is 2.30. The average Bonchev–Trinajstić information content (AvgIpc) is 2.84. The molecule has 0 aromatic carbocycles. The molecular formula is C16H15F4N3O. The number of H-pyrrole nitrogens is 1. The molecule has 3 rings (SSSR count). The Morgan fingerprint density at radius 1 is 1.38 bits per heavy atom. The molecule has 4 nitrogen and oxygen atoms in total. The van der Waals surface area contributed by atoms with Gasteiger partial charge >= 0.3 is 6.18 Å². The Balaban J connectivity index is 1.73. The normalized spacial score (nSPS) is 15.5. The fourth-order valence-corrected chi connectivity index (χ4v) is 2.61. The zero-order chi connectivity index (χ0) is 17.5. The molecule has 2 aromatic rings. The predicted molar refractivity (Wildman–Crippen MR) is 78.4 cm³/mol. The molecule has 1 N–H and O–H groups in total. The number of rotatable bonds is 3. The van der Waals surface area contributed by atoms with Crippen LogP contribution in [-0.2, 0) is 12.6 Å². The van der Waals surface area contributed by atoms with E-state index in [4.69, 9.17) is 0 Å². The summed E-state index contributed by atoms with van der Waals surface area (Å²) < 4.78 is 50.4. The molecule has 0 spiro atoms. The number of halogens is 4. The lowest BCUT2D eigenvalue weighted by molar-refractivity contribution is -0.141. The lowest BCUT2D eigenvalue weighted by Gasteiger charge is -2.34. The monoisotopic (exact) mass is 341 g/mol. The number of hydrogen-bond acceptors (Lipinski definition) is 2. The molecule has 0 unspecified atom stereocenters. The Hall–Kier alpha value is -2.38. The maximum atomic E-state index is 12.9. The van der Waals surface area contributed by atoms with Crippen LogP contribution in [0.5, 0.6) is 0 Å². The maximum Gasteiger partial charge on any atom is 0.433 e. The molecule has 8 heteroatoms. The number of amides is 1. The molecule has 3 heterocycles. The van der Waals surface area contributed by atoms with Crippen molar-refractivity contribution < 1.29 is 22.4 Å². The van der Waals surface area contributed by atoms with E-state index in [1.54, 1.807) is 13.1 Å². The molecule has 1 aliphatic rings. The van der Waals surface area contributed by atoms with Crippen molar-refractivity contribution in [1.82, 2.24) is 14.9 Å². The van der Waals surface area contributed by atoms with Crippen molar-refractivity contribution in [3.63, 3.8) is 0 Å². The van der Waals surface area contributed by atoms with Crippen LogP contribution in [0.2, 0.25) is 0 Å². The van der Waals surface area contributed by atoms with Crippen molar-refractivity contribution in [1.29, 1.82) is 0 Å². The molecule has 1 amide bonds. The minimum absolute atomic E-state index is 0.0927. The molecule has 2 aromatic heterocycles. The van der Waals surface area contributed by atoms with Crippen LogP contribution in [0, 0.1) is 6.92 Å². The molecule has 1 fully saturated rings. The first-order valence-corrected chi connectivity index (χ1v) is 7.38. The van der Waals surface area contributed by atoms with Crippen molar-refractivity contribution in [2.24, 2.45) is 0 Å². The SMILES string of the molecule is Cc1c(Cc2ccc(C(F)(F)F)nc2)c[nH]c1C(=O)N1CC(F)C1. The second-order valence-electron chi connectivity index (χ2n) is 5.85. The summed E-state index contributed by atoms with van der Waals surface area (Å²) in [5.74, 6) is -0.266. The minimum atomic E-state index is -4.46. The first-order chi connectivity index (χ1) is 11.3. The topological polar surface area (TPSA) is 49.0 Å². The Morgan fingerprint density at radius 3 is 2.62 bits per heavy atom. The van der Waals surface area contributed by atoms with Gasteiger partial charge < -0.3 is 9.88 Å². The van der Waals surface area contributed by atoms with Gasteiger partial charge in [0.05, 0.1) is 13.1 Å². The van der Waals surface area contributed by atoms with Gasteiger partial charge in [-0.25, -0.2) is 4.39 Å². The van der Waals surface area contributed by atoms with Crippen molar-refractivity contribution in [2.75, 3.05) is 13.1 Å². The van der Waals surface area contributed by atoms with Gasteiger partial charge in [-0.3, -0.25) is 9.78 Å². The highest BCUT2D eigenvalue weighted by Crippen LogP contribution is 2.28. The highest BCUT2D eigenvalue weighted by Gasteiger charge is 2.33. The van der Waals surface area contributed by atoms with Crippen LogP contribution in [0.25, 0.3) is 0 Å². The summed E-state index contributed by atoms with van der Waals surface area (Å²) in [6.45, 7) is 1.94. The van der Waals surface area contributed by atoms with Gasteiger partial charge in [-0.05, 0) is 29.7 Å². The van der Waals surface area contributed by atoms with Crippen molar-refractivity contribution >= 4 is 5.91 Å². The van der Waals surface area contributed by atoms with Crippen molar-refractivity contribution in [3.8, 4) is 0 Å². The second kappa shape index (κ2) is 5.92. The average molecular weight is 341 g/mol. The molecule has 1 saturated heterocycles. The molecule has 0 aliphatic carbocycles. The molecule has 24 heavy (non-hydrogen) atoms. The first kappa shape index (κ1) is 16.5. The molecule has 0 radical (unpaired) electrons. The van der Waals surface area contributed by atoms with Crippen LogP contribution < -0.4 is 0 Å². The van der Waals surface area contributed by atoms with Crippen molar-refractivity contribution in [2.45, 2.75) is 25.7 Å². The number of alkyl halides is 4. The second-order valence-corrected chi connectivity index (χ2v) is 5.85. The lowest BCUT2D eigenvalue weighted by Crippen LogP contribution is -2.51. The Labute approximate surface area is 135 Å². The van der Waals surface area contributed by atoms with Gasteiger partial charge in [0.25, 0.3) is 5.91 Å². The summed E-state index contributed by atoms with van der Waals surface area (Å²) in [5, 5.41) is 0. The van der Waals surface area contributed by atoms with E-state index in [0.29, 0.717) is 23.2 Å². The third kappa shape index (κ3) is 3.13. The number of carbonyl (C=O) groups is 1. The zero-order valence-corrected chi connectivity index (χ0v) is 12.8. The van der Waals surface area contributed by atoms with E-state index in [2.05, 4.69) is 9.97 Å². The van der Waals surface area contributed by atoms with Crippen LogP contribution >= 0.6 is 0 Å². The summed E-state index contributed by atoms with van der Waals surface area (Å²) >= 11 is 0. The van der Waals surface area contributed by atoms with E-state index in [9.17, 15) is 22.4 Å². The first-order valence-electron chi connectivity index (χ1n) is 7.38. The smallest absolute Gasteiger partial charge is 0.357 e. The summed E-state index contributed by atoms with van der Waals surface area (Å²) in [6.07, 6.45) is -2.26. The Kier molecular flexibility index (Phi) is 4.06. The summed E-state index contributed by atoms with van der Waals surface area (Å²) in [5.41, 5.74) is 1.56. The molecule has 0 bridgehead atoms. The minimum Gasteiger partial charge on any atom is -0.357 e. The molecular weight excluding hydrogens is 326 g/mol. The van der Waals surface area contributed by atoms with E-state index in [-0.39, 0.29) is 19.0 Å². The number of carbonyl (C=O) groups excluding carboxylic acids is 1. The zero-order valence-electron chi connectivity index (χ0n) is 12.8. The number of nitrogens with one attached hydrogen (secondary N) is 1. The van der Waals surface area contributed by atoms with Gasteiger partial charge in [0.1, 0.15) is 17.6 Å². The molecule has 0 atom stereocenters. The molecule has 0 saturated carbocycles. The molecule has 128 valence electrons. The van der Waals surface area contributed by atoms with E-state index < -0.39 is 18.0 Å². The van der Waals surface area contributed by atoms with Crippen LogP contribution in [0.3, 0.4) is 0 Å². The number of nitrogens with zero attached hydrogens (tertiary/aromatic N) is 2. The van der Waals surface area contributed by atoms with E-state index in [1.807, 2.05) is 0 Å². The van der Waals surface area contributed by atoms with Gasteiger partial charge in [0, 0.05) is 18.8 Å². The van der Waals surface area contributed by atoms with Gasteiger partial charge in [-0.1, -0.05) is 6.07 Å². The third-order valence-corrected chi connectivity index (χ3v) is 4.10. The maximum absolute atomic E-state index is 12.9. The Bertz CT molecular complexity index is 746. The lowest BCUT2D eigenvalue weighted by atomic mass is 10.0. The Morgan fingerprint density at radius 2 is 2.08 bits per heavy atom. The number of pyridine rings is 1. The van der Waals surface area contributed by atoms with Gasteiger partial charge in [-0.15, -0.1) is 0 Å². The van der Waals surface area contributed by atoms with Crippen LogP contribution in [0.15, 0.2) is 24.5 Å². The summed E-state index contributed by atoms with van der Waals surface area (Å²) in [4.78, 5) is 19.9.